The molecule has 0 bridgehead atoms. The largest absolute Gasteiger partial charge is 0.462 e. The second-order valence-electron chi connectivity index (χ2n) is 3.47. The number of nitrogens with zero attached hydrogens (tertiary/aromatic N) is 4. The number of carbonyl (C=O) groups excluding carboxylic acids is 1. The summed E-state index contributed by atoms with van der Waals surface area (Å²) in [4.78, 5) is 19.9. The van der Waals surface area contributed by atoms with Crippen LogP contribution in [0.25, 0.3) is 5.82 Å². The number of aromatic nitrogens is 4. The van der Waals surface area contributed by atoms with Gasteiger partial charge >= 0.3 is 5.97 Å². The van der Waals surface area contributed by atoms with E-state index < -0.39 is 5.97 Å². The van der Waals surface area contributed by atoms with Crippen LogP contribution in [0.1, 0.15) is 17.3 Å². The molecule has 2 aromatic heterocycles. The van der Waals surface area contributed by atoms with E-state index in [1.54, 1.807) is 13.1 Å². The first kappa shape index (κ1) is 13.3. The van der Waals surface area contributed by atoms with Crippen LogP contribution >= 0.6 is 11.8 Å². The maximum Gasteiger partial charge on any atom is 0.344 e. The highest BCUT2D eigenvalue weighted by molar-refractivity contribution is 7.98. The van der Waals surface area contributed by atoms with Crippen LogP contribution in [-0.4, -0.2) is 38.6 Å². The van der Waals surface area contributed by atoms with Crippen molar-refractivity contribution >= 4 is 23.5 Å². The maximum absolute atomic E-state index is 11.9. The minimum absolute atomic E-state index is 0.198. The summed E-state index contributed by atoms with van der Waals surface area (Å²) in [6.07, 6.45) is 6.40. The molecule has 2 heterocycles. The molecule has 2 N–H and O–H groups in total. The first-order valence-electron chi connectivity index (χ1n) is 5.55. The van der Waals surface area contributed by atoms with E-state index in [1.165, 1.54) is 28.8 Å². The van der Waals surface area contributed by atoms with Crippen molar-refractivity contribution in [3.05, 3.63) is 24.2 Å². The Morgan fingerprint density at radius 2 is 2.32 bits per heavy atom. The van der Waals surface area contributed by atoms with Gasteiger partial charge in [0.25, 0.3) is 0 Å². The predicted molar refractivity (Wildman–Crippen MR) is 71.3 cm³/mol. The molecule has 0 saturated heterocycles. The van der Waals surface area contributed by atoms with Crippen LogP contribution < -0.4 is 5.73 Å². The third kappa shape index (κ3) is 2.53. The van der Waals surface area contributed by atoms with Gasteiger partial charge in [-0.2, -0.15) is 9.78 Å². The van der Waals surface area contributed by atoms with E-state index in [2.05, 4.69) is 15.1 Å². The highest BCUT2D eigenvalue weighted by Gasteiger charge is 2.23. The number of hydrogen-bond donors (Lipinski definition) is 1. The minimum atomic E-state index is -0.487. The fourth-order valence-corrected chi connectivity index (χ4v) is 2.08. The molecule has 0 amide bonds. The van der Waals surface area contributed by atoms with Gasteiger partial charge in [-0.15, -0.1) is 11.8 Å². The molecule has 0 fully saturated rings. The van der Waals surface area contributed by atoms with Crippen LogP contribution in [0.4, 0.5) is 5.82 Å². The van der Waals surface area contributed by atoms with Gasteiger partial charge in [-0.25, -0.2) is 9.78 Å². The van der Waals surface area contributed by atoms with Crippen molar-refractivity contribution in [2.75, 3.05) is 18.6 Å². The molecule has 0 saturated carbocycles. The van der Waals surface area contributed by atoms with Gasteiger partial charge in [-0.05, 0) is 13.2 Å². The maximum atomic E-state index is 11.9. The summed E-state index contributed by atoms with van der Waals surface area (Å²) in [5.41, 5.74) is 6.23. The Morgan fingerprint density at radius 3 is 2.89 bits per heavy atom. The third-order valence-electron chi connectivity index (χ3n) is 2.33. The number of nitrogen functional groups attached to an aromatic ring is 1. The Kier molecular flexibility index (Phi) is 4.00. The van der Waals surface area contributed by atoms with Gasteiger partial charge in [-0.1, -0.05) is 0 Å². The summed E-state index contributed by atoms with van der Waals surface area (Å²) in [6.45, 7) is 2.02. The van der Waals surface area contributed by atoms with Crippen molar-refractivity contribution in [2.24, 2.45) is 0 Å². The molecule has 0 radical (unpaired) electrons. The van der Waals surface area contributed by atoms with E-state index in [0.29, 0.717) is 10.8 Å². The van der Waals surface area contributed by atoms with Gasteiger partial charge in [0, 0.05) is 12.4 Å². The van der Waals surface area contributed by atoms with Crippen LogP contribution in [0.15, 0.2) is 23.6 Å². The van der Waals surface area contributed by atoms with Crippen LogP contribution in [-0.2, 0) is 4.74 Å². The van der Waals surface area contributed by atoms with Gasteiger partial charge in [0.05, 0.1) is 12.8 Å². The molecule has 0 aliphatic rings. The molecule has 7 nitrogen and oxygen atoms in total. The summed E-state index contributed by atoms with van der Waals surface area (Å²) in [5.74, 6) is 0.161. The molecule has 8 heteroatoms. The van der Waals surface area contributed by atoms with E-state index in [-0.39, 0.29) is 18.0 Å². The highest BCUT2D eigenvalue weighted by atomic mass is 32.2. The third-order valence-corrected chi connectivity index (χ3v) is 3.00. The van der Waals surface area contributed by atoms with Crippen LogP contribution in [0.3, 0.4) is 0 Å². The highest BCUT2D eigenvalue weighted by Crippen LogP contribution is 2.27. The van der Waals surface area contributed by atoms with Crippen LogP contribution in [0.5, 0.6) is 0 Å². The zero-order chi connectivity index (χ0) is 13.8. The summed E-state index contributed by atoms with van der Waals surface area (Å²) in [7, 11) is 0. The summed E-state index contributed by atoms with van der Waals surface area (Å²) >= 11 is 1.32. The molecule has 19 heavy (non-hydrogen) atoms. The molecule has 0 unspecified atom stereocenters. The zero-order valence-corrected chi connectivity index (χ0v) is 11.3. The smallest absolute Gasteiger partial charge is 0.344 e. The molecule has 100 valence electrons. The number of carbonyl (C=O) groups is 1. The summed E-state index contributed by atoms with van der Waals surface area (Å²) < 4.78 is 6.36. The SMILES string of the molecule is CCOC(=O)c1c(SC)nn(-c2cnccn2)c1N. The van der Waals surface area contributed by atoms with Crippen LogP contribution in [0.2, 0.25) is 0 Å². The molecular weight excluding hydrogens is 266 g/mol. The lowest BCUT2D eigenvalue weighted by atomic mass is 10.3. The monoisotopic (exact) mass is 279 g/mol. The Hall–Kier alpha value is -2.09. The molecule has 2 rings (SSSR count). The second kappa shape index (κ2) is 5.70. The lowest BCUT2D eigenvalue weighted by Crippen LogP contribution is -2.10. The van der Waals surface area contributed by atoms with Gasteiger partial charge < -0.3 is 10.5 Å². The number of rotatable bonds is 4. The van der Waals surface area contributed by atoms with Crippen molar-refractivity contribution in [2.45, 2.75) is 11.9 Å². The average molecular weight is 279 g/mol. The number of thioether (sulfide) groups is 1. The van der Waals surface area contributed by atoms with Crippen molar-refractivity contribution in [3.8, 4) is 5.82 Å². The molecule has 0 atom stereocenters. The Morgan fingerprint density at radius 1 is 1.53 bits per heavy atom. The van der Waals surface area contributed by atoms with E-state index in [0.717, 1.165) is 0 Å². The van der Waals surface area contributed by atoms with Crippen molar-refractivity contribution in [1.29, 1.82) is 0 Å². The molecular formula is C11H13N5O2S. The second-order valence-corrected chi connectivity index (χ2v) is 4.26. The molecule has 0 aromatic carbocycles. The van der Waals surface area contributed by atoms with E-state index in [4.69, 9.17) is 10.5 Å². The van der Waals surface area contributed by atoms with Crippen molar-refractivity contribution in [3.63, 3.8) is 0 Å². The fourth-order valence-electron chi connectivity index (χ4n) is 1.52. The molecule has 2 aromatic rings. The van der Waals surface area contributed by atoms with Gasteiger partial charge in [-0.3, -0.25) is 4.98 Å². The van der Waals surface area contributed by atoms with Gasteiger partial charge in [0.1, 0.15) is 16.4 Å². The lowest BCUT2D eigenvalue weighted by Gasteiger charge is -2.03. The lowest BCUT2D eigenvalue weighted by molar-refractivity contribution is 0.0523. The van der Waals surface area contributed by atoms with E-state index in [1.807, 2.05) is 6.26 Å². The van der Waals surface area contributed by atoms with E-state index in [9.17, 15) is 4.79 Å². The zero-order valence-electron chi connectivity index (χ0n) is 10.5. The van der Waals surface area contributed by atoms with Crippen LogP contribution in [0, 0.1) is 0 Å². The molecule has 0 spiro atoms. The Labute approximate surface area is 114 Å². The van der Waals surface area contributed by atoms with Crippen molar-refractivity contribution < 1.29 is 9.53 Å². The normalized spacial score (nSPS) is 10.4. The number of nitrogens with two attached hydrogens (primary N) is 1. The first-order chi connectivity index (χ1) is 9.19. The van der Waals surface area contributed by atoms with Gasteiger partial charge in [0.15, 0.2) is 5.82 Å². The standard InChI is InChI=1S/C11H13N5O2S/c1-3-18-11(17)8-9(12)16(15-10(8)19-2)7-6-13-4-5-14-7/h4-6H,3,12H2,1-2H3. The Balaban J connectivity index is 2.51. The molecule has 0 aliphatic heterocycles. The predicted octanol–water partition coefficient (Wildman–Crippen LogP) is 1.14. The number of esters is 1. The van der Waals surface area contributed by atoms with Gasteiger partial charge in [0.2, 0.25) is 0 Å². The minimum Gasteiger partial charge on any atom is -0.462 e. The number of ether oxygens (including phenoxy) is 1. The number of anilines is 1. The first-order valence-corrected chi connectivity index (χ1v) is 6.77. The fraction of sp³-hybridized carbons (Fsp3) is 0.273. The van der Waals surface area contributed by atoms with Crippen molar-refractivity contribution in [1.82, 2.24) is 19.7 Å². The Bertz CT molecular complexity index is 584. The summed E-state index contributed by atoms with van der Waals surface area (Å²) in [6, 6.07) is 0. The topological polar surface area (TPSA) is 95.9 Å². The summed E-state index contributed by atoms with van der Waals surface area (Å²) in [5, 5.41) is 4.75. The number of hydrogen-bond acceptors (Lipinski definition) is 7. The molecule has 0 aliphatic carbocycles. The quantitative estimate of drug-likeness (QED) is 0.662. The average Bonchev–Trinajstić information content (AvgIpc) is 2.77. The van der Waals surface area contributed by atoms with E-state index >= 15 is 0 Å².